The minimum absolute atomic E-state index is 0.00957. The molecule has 4 nitrogen and oxygen atoms in total. The molecule has 2 rings (SSSR count). The van der Waals surface area contributed by atoms with Gasteiger partial charge in [-0.25, -0.2) is 0 Å². The molecule has 0 atom stereocenters. The highest BCUT2D eigenvalue weighted by molar-refractivity contribution is 8.02. The lowest BCUT2D eigenvalue weighted by Crippen LogP contribution is -1.93. The van der Waals surface area contributed by atoms with Crippen LogP contribution in [0.4, 0.5) is 0 Å². The first-order valence-corrected chi connectivity index (χ1v) is 6.33. The first-order chi connectivity index (χ1) is 8.66. The van der Waals surface area contributed by atoms with Gasteiger partial charge in [0.25, 0.3) is 0 Å². The maximum Gasteiger partial charge on any atom is 0.194 e. The number of nitrogens with zero attached hydrogens (tertiary/aromatic N) is 3. The summed E-state index contributed by atoms with van der Waals surface area (Å²) in [5, 5.41) is 10.2. The molecule has 1 aromatic carbocycles. The number of carbonyl (C=O) groups excluding carboxylic acids is 1. The average Bonchev–Trinajstić information content (AvgIpc) is 2.76. The Labute approximate surface area is 110 Å². The molecule has 0 N–H and O–H groups in total. The van der Waals surface area contributed by atoms with Gasteiger partial charge < -0.3 is 4.57 Å². The van der Waals surface area contributed by atoms with Crippen molar-refractivity contribution in [2.24, 2.45) is 7.05 Å². The summed E-state index contributed by atoms with van der Waals surface area (Å²) in [5.74, 6) is -0.00957. The molecule has 0 amide bonds. The SMILES string of the molecule is Cc1ccc(C(=O)/C=C/Sc2nncn2C)cc1. The van der Waals surface area contributed by atoms with Crippen molar-refractivity contribution in [1.82, 2.24) is 14.8 Å². The molecule has 0 saturated carbocycles. The van der Waals surface area contributed by atoms with E-state index in [-0.39, 0.29) is 5.78 Å². The summed E-state index contributed by atoms with van der Waals surface area (Å²) in [6.07, 6.45) is 3.17. The van der Waals surface area contributed by atoms with Gasteiger partial charge in [0.2, 0.25) is 0 Å². The highest BCUT2D eigenvalue weighted by Crippen LogP contribution is 2.15. The van der Waals surface area contributed by atoms with Gasteiger partial charge in [0.05, 0.1) is 0 Å². The topological polar surface area (TPSA) is 47.8 Å². The van der Waals surface area contributed by atoms with E-state index < -0.39 is 0 Å². The van der Waals surface area contributed by atoms with Crippen molar-refractivity contribution >= 4 is 17.5 Å². The van der Waals surface area contributed by atoms with Gasteiger partial charge in [-0.1, -0.05) is 41.6 Å². The van der Waals surface area contributed by atoms with Crippen molar-refractivity contribution < 1.29 is 4.79 Å². The van der Waals surface area contributed by atoms with Crippen LogP contribution in [0.1, 0.15) is 15.9 Å². The van der Waals surface area contributed by atoms with Crippen molar-refractivity contribution in [1.29, 1.82) is 0 Å². The van der Waals surface area contributed by atoms with Gasteiger partial charge in [0, 0.05) is 12.6 Å². The lowest BCUT2D eigenvalue weighted by Gasteiger charge is -1.97. The van der Waals surface area contributed by atoms with Crippen LogP contribution in [0.25, 0.3) is 0 Å². The number of thioether (sulfide) groups is 1. The van der Waals surface area contributed by atoms with Crippen molar-refractivity contribution in [3.8, 4) is 0 Å². The smallest absolute Gasteiger partial charge is 0.194 e. The maximum absolute atomic E-state index is 11.8. The largest absolute Gasteiger partial charge is 0.312 e. The molecule has 92 valence electrons. The molecule has 1 aromatic heterocycles. The van der Waals surface area contributed by atoms with E-state index in [0.717, 1.165) is 10.7 Å². The molecule has 0 fully saturated rings. The van der Waals surface area contributed by atoms with Gasteiger partial charge in [0.1, 0.15) is 6.33 Å². The van der Waals surface area contributed by atoms with Crippen molar-refractivity contribution in [2.45, 2.75) is 12.1 Å². The number of aromatic nitrogens is 3. The monoisotopic (exact) mass is 259 g/mol. The second-order valence-electron chi connectivity index (χ2n) is 3.88. The quantitative estimate of drug-likeness (QED) is 0.481. The van der Waals surface area contributed by atoms with Gasteiger partial charge >= 0.3 is 0 Å². The normalized spacial score (nSPS) is 11.0. The van der Waals surface area contributed by atoms with E-state index >= 15 is 0 Å². The molecule has 1 heterocycles. The van der Waals surface area contributed by atoms with E-state index in [4.69, 9.17) is 0 Å². The zero-order chi connectivity index (χ0) is 13.0. The molecule has 0 spiro atoms. The molecular weight excluding hydrogens is 246 g/mol. The Kier molecular flexibility index (Phi) is 3.94. The minimum Gasteiger partial charge on any atom is -0.312 e. The van der Waals surface area contributed by atoms with Crippen LogP contribution in [0.15, 0.2) is 47.2 Å². The van der Waals surface area contributed by atoms with E-state index in [0.29, 0.717) is 5.56 Å². The number of ketones is 1. The van der Waals surface area contributed by atoms with E-state index in [2.05, 4.69) is 10.2 Å². The second-order valence-corrected chi connectivity index (χ2v) is 4.75. The molecule has 0 unspecified atom stereocenters. The number of hydrogen-bond donors (Lipinski definition) is 0. The zero-order valence-corrected chi connectivity index (χ0v) is 11.0. The Morgan fingerprint density at radius 1 is 1.33 bits per heavy atom. The van der Waals surface area contributed by atoms with Crippen LogP contribution in [0.3, 0.4) is 0 Å². The third kappa shape index (κ3) is 3.07. The standard InChI is InChI=1S/C13H13N3OS/c1-10-3-5-11(6-4-10)12(17)7-8-18-13-15-14-9-16(13)2/h3-9H,1-2H3/b8-7+. The van der Waals surface area contributed by atoms with E-state index in [1.54, 1.807) is 22.4 Å². The van der Waals surface area contributed by atoms with Crippen LogP contribution < -0.4 is 0 Å². The number of allylic oxidation sites excluding steroid dienone is 1. The molecule has 0 aliphatic heterocycles. The molecule has 0 bridgehead atoms. The fourth-order valence-electron chi connectivity index (χ4n) is 1.35. The summed E-state index contributed by atoms with van der Waals surface area (Å²) < 4.78 is 1.80. The third-order valence-corrected chi connectivity index (χ3v) is 3.25. The summed E-state index contributed by atoms with van der Waals surface area (Å²) in [6.45, 7) is 1.99. The molecule has 2 aromatic rings. The van der Waals surface area contributed by atoms with Crippen LogP contribution in [0, 0.1) is 6.92 Å². The number of carbonyl (C=O) groups is 1. The molecule has 18 heavy (non-hydrogen) atoms. The predicted octanol–water partition coefficient (Wildman–Crippen LogP) is 2.61. The number of rotatable bonds is 4. The summed E-state index contributed by atoms with van der Waals surface area (Å²) in [7, 11) is 1.86. The maximum atomic E-state index is 11.8. The molecular formula is C13H13N3OS. The number of benzene rings is 1. The lowest BCUT2D eigenvalue weighted by atomic mass is 10.1. The Balaban J connectivity index is 1.99. The summed E-state index contributed by atoms with van der Waals surface area (Å²) in [4.78, 5) is 11.8. The van der Waals surface area contributed by atoms with Crippen LogP contribution in [0.5, 0.6) is 0 Å². The summed E-state index contributed by atoms with van der Waals surface area (Å²) >= 11 is 1.37. The van der Waals surface area contributed by atoms with E-state index in [9.17, 15) is 4.79 Å². The summed E-state index contributed by atoms with van der Waals surface area (Å²) in [6, 6.07) is 7.51. The number of aryl methyl sites for hydroxylation is 2. The minimum atomic E-state index is -0.00957. The Hall–Kier alpha value is -1.88. The molecule has 0 aliphatic carbocycles. The fourth-order valence-corrected chi connectivity index (χ4v) is 1.97. The average molecular weight is 259 g/mol. The molecule has 0 radical (unpaired) electrons. The van der Waals surface area contributed by atoms with E-state index in [1.807, 2.05) is 38.2 Å². The van der Waals surface area contributed by atoms with Crippen molar-refractivity contribution in [2.75, 3.05) is 0 Å². The Bertz CT molecular complexity index is 572. The highest BCUT2D eigenvalue weighted by Gasteiger charge is 2.02. The van der Waals surface area contributed by atoms with Crippen LogP contribution in [-0.2, 0) is 7.05 Å². The molecule has 0 saturated heterocycles. The molecule has 5 heteroatoms. The van der Waals surface area contributed by atoms with Crippen LogP contribution in [0.2, 0.25) is 0 Å². The van der Waals surface area contributed by atoms with Gasteiger partial charge in [-0.2, -0.15) is 0 Å². The zero-order valence-electron chi connectivity index (χ0n) is 10.2. The number of hydrogen-bond acceptors (Lipinski definition) is 4. The van der Waals surface area contributed by atoms with Crippen molar-refractivity contribution in [3.63, 3.8) is 0 Å². The first-order valence-electron chi connectivity index (χ1n) is 5.45. The van der Waals surface area contributed by atoms with Crippen molar-refractivity contribution in [3.05, 3.63) is 53.2 Å². The van der Waals surface area contributed by atoms with Gasteiger partial charge in [-0.3, -0.25) is 4.79 Å². The Morgan fingerprint density at radius 3 is 2.67 bits per heavy atom. The molecule has 0 aliphatic rings. The highest BCUT2D eigenvalue weighted by atomic mass is 32.2. The van der Waals surface area contributed by atoms with E-state index in [1.165, 1.54) is 11.8 Å². The van der Waals surface area contributed by atoms with Gasteiger partial charge in [-0.15, -0.1) is 10.2 Å². The summed E-state index contributed by atoms with van der Waals surface area (Å²) in [5.41, 5.74) is 1.83. The Morgan fingerprint density at radius 2 is 2.06 bits per heavy atom. The van der Waals surface area contributed by atoms with Gasteiger partial charge in [-0.05, 0) is 18.4 Å². The first kappa shape index (κ1) is 12.6. The second kappa shape index (κ2) is 5.64. The fraction of sp³-hybridized carbons (Fsp3) is 0.154. The van der Waals surface area contributed by atoms with Crippen LogP contribution >= 0.6 is 11.8 Å². The predicted molar refractivity (Wildman–Crippen MR) is 71.5 cm³/mol. The third-order valence-electron chi connectivity index (χ3n) is 2.40. The lowest BCUT2D eigenvalue weighted by molar-refractivity contribution is 0.104. The van der Waals surface area contributed by atoms with Crippen LogP contribution in [-0.4, -0.2) is 20.5 Å². The van der Waals surface area contributed by atoms with Gasteiger partial charge in [0.15, 0.2) is 10.9 Å².